The van der Waals surface area contributed by atoms with Gasteiger partial charge in [-0.3, -0.25) is 4.79 Å². The Morgan fingerprint density at radius 1 is 1.35 bits per heavy atom. The van der Waals surface area contributed by atoms with Gasteiger partial charge >= 0.3 is 5.97 Å². The molecule has 10 heteroatoms. The second-order valence-corrected chi connectivity index (χ2v) is 6.69. The molecule has 1 aromatic heterocycles. The van der Waals surface area contributed by atoms with Crippen molar-refractivity contribution in [3.8, 4) is 5.75 Å². The molecular weight excluding hydrogens is 383 g/mol. The quantitative estimate of drug-likeness (QED) is 0.846. The highest BCUT2D eigenvalue weighted by Crippen LogP contribution is 2.32. The number of hydrogen-bond donors (Lipinski definition) is 1. The van der Waals surface area contributed by atoms with Crippen LogP contribution in [0.1, 0.15) is 18.6 Å². The zero-order valence-electron chi connectivity index (χ0n) is 14.0. The standard InChI is InChI=1S/C16H16Cl2N4O4/c1-8(26-12-5-3-4-10(17)14(12)18)15(23)22-7-13-20-19-9(2)21(13)6-11(22)16(24)25/h3-5,8,11H,6-7H2,1-2H3,(H,24,25). The number of hydrogen-bond acceptors (Lipinski definition) is 5. The molecule has 2 heterocycles. The molecule has 138 valence electrons. The first-order valence-electron chi connectivity index (χ1n) is 7.82. The highest BCUT2D eigenvalue weighted by atomic mass is 35.5. The molecule has 0 saturated heterocycles. The summed E-state index contributed by atoms with van der Waals surface area (Å²) in [6.45, 7) is 3.39. The van der Waals surface area contributed by atoms with Gasteiger partial charge in [0.05, 0.1) is 18.1 Å². The van der Waals surface area contributed by atoms with Crippen LogP contribution in [0.2, 0.25) is 10.0 Å². The summed E-state index contributed by atoms with van der Waals surface area (Å²) in [5.41, 5.74) is 0. The van der Waals surface area contributed by atoms with Gasteiger partial charge in [0.1, 0.15) is 22.6 Å². The number of carbonyl (C=O) groups is 2. The van der Waals surface area contributed by atoms with Gasteiger partial charge in [-0.05, 0) is 26.0 Å². The summed E-state index contributed by atoms with van der Waals surface area (Å²) in [6, 6.07) is 3.80. The van der Waals surface area contributed by atoms with Crippen molar-refractivity contribution in [1.82, 2.24) is 19.7 Å². The lowest BCUT2D eigenvalue weighted by Gasteiger charge is -2.35. The van der Waals surface area contributed by atoms with Gasteiger partial charge in [-0.15, -0.1) is 10.2 Å². The molecule has 0 spiro atoms. The molecule has 8 nitrogen and oxygen atoms in total. The maximum atomic E-state index is 12.8. The highest BCUT2D eigenvalue weighted by Gasteiger charge is 2.38. The topological polar surface area (TPSA) is 97.5 Å². The molecule has 3 rings (SSSR count). The molecule has 2 aromatic rings. The Morgan fingerprint density at radius 2 is 2.08 bits per heavy atom. The largest absolute Gasteiger partial charge is 0.480 e. The number of benzene rings is 1. The maximum Gasteiger partial charge on any atom is 0.328 e. The summed E-state index contributed by atoms with van der Waals surface area (Å²) < 4.78 is 7.32. The fraction of sp³-hybridized carbons (Fsp3) is 0.375. The zero-order chi connectivity index (χ0) is 19.0. The number of fused-ring (bicyclic) bond motifs is 1. The molecule has 1 aromatic carbocycles. The molecular formula is C16H16Cl2N4O4. The van der Waals surface area contributed by atoms with Crippen LogP contribution in [0.4, 0.5) is 0 Å². The number of ether oxygens (including phenoxy) is 1. The average molecular weight is 399 g/mol. The minimum atomic E-state index is -1.11. The molecule has 2 atom stereocenters. The predicted octanol–water partition coefficient (Wildman–Crippen LogP) is 2.16. The van der Waals surface area contributed by atoms with Crippen LogP contribution in [0.3, 0.4) is 0 Å². The lowest BCUT2D eigenvalue weighted by Crippen LogP contribution is -2.54. The molecule has 0 fully saturated rings. The number of aliphatic carboxylic acids is 1. The fourth-order valence-corrected chi connectivity index (χ4v) is 3.14. The van der Waals surface area contributed by atoms with Gasteiger partial charge in [0, 0.05) is 0 Å². The van der Waals surface area contributed by atoms with E-state index in [9.17, 15) is 14.7 Å². The number of halogens is 2. The van der Waals surface area contributed by atoms with E-state index in [2.05, 4.69) is 10.2 Å². The summed E-state index contributed by atoms with van der Waals surface area (Å²) in [5, 5.41) is 18.0. The third-order valence-corrected chi connectivity index (χ3v) is 4.99. The number of carboxylic acid groups (broad SMARTS) is 1. The zero-order valence-corrected chi connectivity index (χ0v) is 15.5. The molecule has 1 N–H and O–H groups in total. The van der Waals surface area contributed by atoms with E-state index < -0.39 is 24.0 Å². The predicted molar refractivity (Wildman–Crippen MR) is 93.3 cm³/mol. The fourth-order valence-electron chi connectivity index (χ4n) is 2.81. The van der Waals surface area contributed by atoms with E-state index in [4.69, 9.17) is 27.9 Å². The Kier molecular flexibility index (Phi) is 5.06. The van der Waals surface area contributed by atoms with E-state index >= 15 is 0 Å². The van der Waals surface area contributed by atoms with Gasteiger partial charge in [0.15, 0.2) is 11.9 Å². The van der Waals surface area contributed by atoms with Crippen molar-refractivity contribution in [3.05, 3.63) is 39.9 Å². The Morgan fingerprint density at radius 3 is 2.77 bits per heavy atom. The SMILES string of the molecule is Cc1nnc2n1CC(C(=O)O)N(C(=O)C(C)Oc1cccc(Cl)c1Cl)C2. The number of amides is 1. The van der Waals surface area contributed by atoms with Crippen LogP contribution >= 0.6 is 23.2 Å². The number of nitrogens with zero attached hydrogens (tertiary/aromatic N) is 4. The van der Waals surface area contributed by atoms with Crippen molar-refractivity contribution in [2.75, 3.05) is 0 Å². The molecule has 0 bridgehead atoms. The summed E-state index contributed by atoms with van der Waals surface area (Å²) in [5.74, 6) is -0.206. The molecule has 0 saturated carbocycles. The molecule has 26 heavy (non-hydrogen) atoms. The number of carbonyl (C=O) groups excluding carboxylic acids is 1. The van der Waals surface area contributed by atoms with Crippen LogP contribution < -0.4 is 4.74 Å². The van der Waals surface area contributed by atoms with Crippen molar-refractivity contribution >= 4 is 35.1 Å². The van der Waals surface area contributed by atoms with Gasteiger partial charge in [-0.1, -0.05) is 29.3 Å². The van der Waals surface area contributed by atoms with Gasteiger partial charge in [0.25, 0.3) is 5.91 Å². The lowest BCUT2D eigenvalue weighted by atomic mass is 10.1. The van der Waals surface area contributed by atoms with Crippen molar-refractivity contribution in [1.29, 1.82) is 0 Å². The van der Waals surface area contributed by atoms with E-state index in [1.165, 1.54) is 11.8 Å². The van der Waals surface area contributed by atoms with Gasteiger partial charge < -0.3 is 19.3 Å². The lowest BCUT2D eigenvalue weighted by molar-refractivity contribution is -0.155. The first-order valence-corrected chi connectivity index (χ1v) is 8.57. The third kappa shape index (κ3) is 3.34. The first-order chi connectivity index (χ1) is 12.3. The Balaban J connectivity index is 1.83. The third-order valence-electron chi connectivity index (χ3n) is 4.19. The number of aryl methyl sites for hydroxylation is 1. The summed E-state index contributed by atoms with van der Waals surface area (Å²) in [7, 11) is 0. The Labute approximate surface area is 159 Å². The number of rotatable bonds is 4. The van der Waals surface area contributed by atoms with Crippen LogP contribution in [0.25, 0.3) is 0 Å². The molecule has 1 aliphatic heterocycles. The smallest absolute Gasteiger partial charge is 0.328 e. The monoisotopic (exact) mass is 398 g/mol. The maximum absolute atomic E-state index is 12.8. The Hall–Kier alpha value is -2.32. The minimum Gasteiger partial charge on any atom is -0.480 e. The first kappa shape index (κ1) is 18.5. The van der Waals surface area contributed by atoms with E-state index in [0.717, 1.165) is 0 Å². The van der Waals surface area contributed by atoms with E-state index in [1.807, 2.05) is 0 Å². The van der Waals surface area contributed by atoms with E-state index in [1.54, 1.807) is 29.7 Å². The number of carboxylic acids is 1. The second-order valence-electron chi connectivity index (χ2n) is 5.91. The highest BCUT2D eigenvalue weighted by molar-refractivity contribution is 6.42. The van der Waals surface area contributed by atoms with Crippen LogP contribution in [0, 0.1) is 6.92 Å². The normalized spacial score (nSPS) is 17.5. The molecule has 0 radical (unpaired) electrons. The van der Waals surface area contributed by atoms with Crippen LogP contribution in [0.15, 0.2) is 18.2 Å². The molecule has 1 aliphatic rings. The van der Waals surface area contributed by atoms with E-state index in [-0.39, 0.29) is 23.9 Å². The molecule has 2 unspecified atom stereocenters. The van der Waals surface area contributed by atoms with Gasteiger partial charge in [-0.25, -0.2) is 4.79 Å². The van der Waals surface area contributed by atoms with Crippen molar-refractivity contribution < 1.29 is 19.4 Å². The van der Waals surface area contributed by atoms with Crippen LogP contribution in [0.5, 0.6) is 5.75 Å². The average Bonchev–Trinajstić information content (AvgIpc) is 2.97. The summed E-state index contributed by atoms with van der Waals surface area (Å²) in [6.07, 6.45) is -0.955. The summed E-state index contributed by atoms with van der Waals surface area (Å²) in [4.78, 5) is 25.7. The van der Waals surface area contributed by atoms with Gasteiger partial charge in [0.2, 0.25) is 0 Å². The second kappa shape index (κ2) is 7.13. The van der Waals surface area contributed by atoms with E-state index in [0.29, 0.717) is 16.7 Å². The van der Waals surface area contributed by atoms with Crippen LogP contribution in [-0.2, 0) is 22.7 Å². The molecule has 1 amide bonds. The number of aromatic nitrogens is 3. The minimum absolute atomic E-state index is 0.0353. The van der Waals surface area contributed by atoms with Gasteiger partial charge in [-0.2, -0.15) is 0 Å². The Bertz CT molecular complexity index is 870. The van der Waals surface area contributed by atoms with Crippen LogP contribution in [-0.4, -0.2) is 48.8 Å². The molecule has 0 aliphatic carbocycles. The van der Waals surface area contributed by atoms with Crippen molar-refractivity contribution in [2.24, 2.45) is 0 Å². The summed E-state index contributed by atoms with van der Waals surface area (Å²) >= 11 is 12.0. The van der Waals surface area contributed by atoms with Crippen molar-refractivity contribution in [2.45, 2.75) is 39.1 Å². The van der Waals surface area contributed by atoms with Crippen molar-refractivity contribution in [3.63, 3.8) is 0 Å².